The molecule has 0 radical (unpaired) electrons. The molecule has 4 heteroatoms. The molecule has 1 aromatic heterocycles. The van der Waals surface area contributed by atoms with Gasteiger partial charge in [-0.15, -0.1) is 0 Å². The summed E-state index contributed by atoms with van der Waals surface area (Å²) in [5, 5.41) is 0. The van der Waals surface area contributed by atoms with E-state index in [1.54, 1.807) is 13.4 Å². The molecule has 0 bridgehead atoms. The quantitative estimate of drug-likeness (QED) is 0.821. The van der Waals surface area contributed by atoms with Crippen molar-refractivity contribution >= 4 is 5.91 Å². The predicted molar refractivity (Wildman–Crippen MR) is 88.1 cm³/mol. The van der Waals surface area contributed by atoms with E-state index in [4.69, 9.17) is 9.15 Å². The number of methoxy groups -OCH3 is 1. The fraction of sp³-hybridized carbons (Fsp3) is 0.421. The number of aryl methyl sites for hydroxylation is 1. The molecule has 0 saturated heterocycles. The Kier molecular flexibility index (Phi) is 5.13. The van der Waals surface area contributed by atoms with Gasteiger partial charge in [0, 0.05) is 13.7 Å². The van der Waals surface area contributed by atoms with Crippen LogP contribution in [-0.2, 0) is 22.5 Å². The van der Waals surface area contributed by atoms with E-state index in [0.717, 1.165) is 25.0 Å². The third-order valence-electron chi connectivity index (χ3n) is 4.47. The minimum atomic E-state index is -0.0493. The van der Waals surface area contributed by atoms with Crippen LogP contribution in [0.5, 0.6) is 0 Å². The summed E-state index contributed by atoms with van der Waals surface area (Å²) in [5.41, 5.74) is 2.49. The zero-order chi connectivity index (χ0) is 16.1. The van der Waals surface area contributed by atoms with Crippen molar-refractivity contribution in [1.29, 1.82) is 0 Å². The van der Waals surface area contributed by atoms with Crippen molar-refractivity contribution in [3.63, 3.8) is 0 Å². The van der Waals surface area contributed by atoms with Crippen molar-refractivity contribution in [2.45, 2.75) is 31.7 Å². The fourth-order valence-corrected chi connectivity index (χ4v) is 3.29. The van der Waals surface area contributed by atoms with E-state index in [1.807, 2.05) is 23.1 Å². The summed E-state index contributed by atoms with van der Waals surface area (Å²) in [6, 6.07) is 12.1. The van der Waals surface area contributed by atoms with E-state index in [2.05, 4.69) is 18.2 Å². The highest BCUT2D eigenvalue weighted by atomic mass is 16.5. The average molecular weight is 313 g/mol. The third kappa shape index (κ3) is 3.64. The number of carbonyl (C=O) groups is 1. The Morgan fingerprint density at radius 3 is 2.96 bits per heavy atom. The molecule has 4 nitrogen and oxygen atoms in total. The lowest BCUT2D eigenvalue weighted by molar-refractivity contribution is -0.134. The lowest BCUT2D eigenvalue weighted by atomic mass is 9.82. The first-order valence-corrected chi connectivity index (χ1v) is 8.17. The average Bonchev–Trinajstić information content (AvgIpc) is 3.10. The molecule has 1 unspecified atom stereocenters. The van der Waals surface area contributed by atoms with Crippen molar-refractivity contribution in [2.24, 2.45) is 0 Å². The second kappa shape index (κ2) is 7.47. The molecule has 0 spiro atoms. The van der Waals surface area contributed by atoms with E-state index < -0.39 is 0 Å². The smallest absolute Gasteiger partial charge is 0.230 e. The van der Waals surface area contributed by atoms with Crippen LogP contribution < -0.4 is 0 Å². The Balaban J connectivity index is 1.80. The first-order chi connectivity index (χ1) is 11.3. The number of furan rings is 1. The molecule has 1 amide bonds. The van der Waals surface area contributed by atoms with Crippen molar-refractivity contribution in [2.75, 3.05) is 20.3 Å². The van der Waals surface area contributed by atoms with Crippen LogP contribution in [0.3, 0.4) is 0 Å². The zero-order valence-electron chi connectivity index (χ0n) is 13.5. The number of nitrogens with zero attached hydrogens (tertiary/aromatic N) is 1. The number of ether oxygens (including phenoxy) is 1. The van der Waals surface area contributed by atoms with E-state index in [9.17, 15) is 4.79 Å². The highest BCUT2D eigenvalue weighted by Gasteiger charge is 2.30. The summed E-state index contributed by atoms with van der Waals surface area (Å²) >= 11 is 0. The molecule has 0 N–H and O–H groups in total. The van der Waals surface area contributed by atoms with E-state index in [1.165, 1.54) is 11.1 Å². The van der Waals surface area contributed by atoms with Crippen LogP contribution in [0.25, 0.3) is 0 Å². The van der Waals surface area contributed by atoms with Crippen molar-refractivity contribution < 1.29 is 13.9 Å². The number of hydrogen-bond acceptors (Lipinski definition) is 3. The fourth-order valence-electron chi connectivity index (χ4n) is 3.29. The monoisotopic (exact) mass is 313 g/mol. The van der Waals surface area contributed by atoms with Gasteiger partial charge in [-0.3, -0.25) is 4.79 Å². The van der Waals surface area contributed by atoms with Crippen molar-refractivity contribution in [3.8, 4) is 0 Å². The highest BCUT2D eigenvalue weighted by molar-refractivity contribution is 5.84. The summed E-state index contributed by atoms with van der Waals surface area (Å²) < 4.78 is 10.6. The summed E-state index contributed by atoms with van der Waals surface area (Å²) in [7, 11) is 1.66. The molecule has 1 aliphatic carbocycles. The summed E-state index contributed by atoms with van der Waals surface area (Å²) in [5.74, 6) is 0.927. The Morgan fingerprint density at radius 2 is 2.17 bits per heavy atom. The molecule has 3 rings (SSSR count). The number of rotatable bonds is 6. The second-order valence-electron chi connectivity index (χ2n) is 5.98. The standard InChI is InChI=1S/C19H23NO3/c1-22-13-11-20(14-16-8-5-12-23-16)19(21)18-10-4-7-15-6-2-3-9-17(15)18/h2-3,5-6,8-9,12,18H,4,7,10-11,13-14H2,1H3. The Hall–Kier alpha value is -2.07. The topological polar surface area (TPSA) is 42.7 Å². The lowest BCUT2D eigenvalue weighted by Crippen LogP contribution is -2.38. The van der Waals surface area contributed by atoms with Gasteiger partial charge in [0.15, 0.2) is 0 Å². The molecule has 1 aliphatic rings. The van der Waals surface area contributed by atoms with Crippen molar-refractivity contribution in [3.05, 3.63) is 59.5 Å². The molecule has 2 aromatic rings. The Labute approximate surface area is 137 Å². The van der Waals surface area contributed by atoms with Gasteiger partial charge in [-0.2, -0.15) is 0 Å². The number of amides is 1. The summed E-state index contributed by atoms with van der Waals surface area (Å²) in [6.07, 6.45) is 4.68. The van der Waals surface area contributed by atoms with Gasteiger partial charge in [0.2, 0.25) is 5.91 Å². The normalized spacial score (nSPS) is 16.8. The van der Waals surface area contributed by atoms with Gasteiger partial charge in [0.25, 0.3) is 0 Å². The molecule has 23 heavy (non-hydrogen) atoms. The number of carbonyl (C=O) groups excluding carboxylic acids is 1. The van der Waals surface area contributed by atoms with Crippen LogP contribution in [0.1, 0.15) is 35.6 Å². The summed E-state index contributed by atoms with van der Waals surface area (Å²) in [6.45, 7) is 1.60. The maximum Gasteiger partial charge on any atom is 0.230 e. The molecule has 1 heterocycles. The van der Waals surface area contributed by atoms with Gasteiger partial charge in [0.1, 0.15) is 5.76 Å². The molecule has 0 aliphatic heterocycles. The Morgan fingerprint density at radius 1 is 1.30 bits per heavy atom. The molecular weight excluding hydrogens is 290 g/mol. The van der Waals surface area contributed by atoms with Gasteiger partial charge in [-0.05, 0) is 42.5 Å². The molecule has 1 atom stereocenters. The first kappa shape index (κ1) is 15.8. The van der Waals surface area contributed by atoms with E-state index >= 15 is 0 Å². The maximum absolute atomic E-state index is 13.1. The van der Waals surface area contributed by atoms with Crippen molar-refractivity contribution in [1.82, 2.24) is 4.90 Å². The van der Waals surface area contributed by atoms with Crippen LogP contribution in [-0.4, -0.2) is 31.1 Å². The molecule has 0 saturated carbocycles. The molecular formula is C19H23NO3. The Bertz CT molecular complexity index is 636. The number of benzene rings is 1. The number of fused-ring (bicyclic) bond motifs is 1. The second-order valence-corrected chi connectivity index (χ2v) is 5.98. The van der Waals surface area contributed by atoms with Gasteiger partial charge in [-0.25, -0.2) is 0 Å². The predicted octanol–water partition coefficient (Wildman–Crippen LogP) is 3.37. The largest absolute Gasteiger partial charge is 0.467 e. The van der Waals surface area contributed by atoms with Gasteiger partial charge >= 0.3 is 0 Å². The SMILES string of the molecule is COCCN(Cc1ccco1)C(=O)C1CCCc2ccccc21. The van der Waals surface area contributed by atoms with Gasteiger partial charge < -0.3 is 14.1 Å². The van der Waals surface area contributed by atoms with Gasteiger partial charge in [-0.1, -0.05) is 24.3 Å². The van der Waals surface area contributed by atoms with E-state index in [0.29, 0.717) is 19.7 Å². The molecule has 122 valence electrons. The minimum Gasteiger partial charge on any atom is -0.467 e. The van der Waals surface area contributed by atoms with E-state index in [-0.39, 0.29) is 11.8 Å². The molecule has 0 fully saturated rings. The maximum atomic E-state index is 13.1. The number of hydrogen-bond donors (Lipinski definition) is 0. The van der Waals surface area contributed by atoms with Crippen LogP contribution in [0.2, 0.25) is 0 Å². The molecule has 1 aromatic carbocycles. The van der Waals surface area contributed by atoms with Crippen LogP contribution in [0, 0.1) is 0 Å². The van der Waals surface area contributed by atoms with Gasteiger partial charge in [0.05, 0.1) is 25.3 Å². The minimum absolute atomic E-state index is 0.0493. The zero-order valence-corrected chi connectivity index (χ0v) is 13.5. The lowest BCUT2D eigenvalue weighted by Gasteiger charge is -2.30. The van der Waals surface area contributed by atoms with Crippen LogP contribution in [0.15, 0.2) is 47.1 Å². The summed E-state index contributed by atoms with van der Waals surface area (Å²) in [4.78, 5) is 15.0. The highest BCUT2D eigenvalue weighted by Crippen LogP contribution is 2.33. The third-order valence-corrected chi connectivity index (χ3v) is 4.47. The van der Waals surface area contributed by atoms with Crippen LogP contribution in [0.4, 0.5) is 0 Å². The van der Waals surface area contributed by atoms with Crippen LogP contribution >= 0.6 is 0 Å². The first-order valence-electron chi connectivity index (χ1n) is 8.17.